The molecule has 2 fully saturated rings. The second-order valence-corrected chi connectivity index (χ2v) is 6.78. The lowest BCUT2D eigenvalue weighted by Crippen LogP contribution is -2.51. The highest BCUT2D eigenvalue weighted by Crippen LogP contribution is 2.27. The SMILES string of the molecule is Cl.NC1(C(=O)NCc2ccc(CN3CCCC3=O)cc2)CCCC1. The van der Waals surface area contributed by atoms with Gasteiger partial charge < -0.3 is 16.0 Å². The molecule has 24 heavy (non-hydrogen) atoms. The summed E-state index contributed by atoms with van der Waals surface area (Å²) in [5, 5.41) is 2.95. The van der Waals surface area contributed by atoms with Gasteiger partial charge in [0.25, 0.3) is 0 Å². The van der Waals surface area contributed by atoms with Crippen LogP contribution in [0.15, 0.2) is 24.3 Å². The van der Waals surface area contributed by atoms with Gasteiger partial charge in [-0.1, -0.05) is 37.1 Å². The molecule has 0 unspecified atom stereocenters. The van der Waals surface area contributed by atoms with Crippen molar-refractivity contribution in [2.75, 3.05) is 6.54 Å². The zero-order valence-electron chi connectivity index (χ0n) is 13.9. The first-order valence-electron chi connectivity index (χ1n) is 8.50. The van der Waals surface area contributed by atoms with Gasteiger partial charge in [0, 0.05) is 26.1 Å². The summed E-state index contributed by atoms with van der Waals surface area (Å²) < 4.78 is 0. The van der Waals surface area contributed by atoms with Gasteiger partial charge in [0.1, 0.15) is 0 Å². The number of carbonyl (C=O) groups is 2. The average Bonchev–Trinajstić information content (AvgIpc) is 3.16. The van der Waals surface area contributed by atoms with Crippen LogP contribution in [0.2, 0.25) is 0 Å². The van der Waals surface area contributed by atoms with E-state index in [9.17, 15) is 9.59 Å². The minimum atomic E-state index is -0.671. The van der Waals surface area contributed by atoms with E-state index in [0.29, 0.717) is 19.5 Å². The maximum absolute atomic E-state index is 12.2. The van der Waals surface area contributed by atoms with Crippen LogP contribution in [0.1, 0.15) is 49.7 Å². The van der Waals surface area contributed by atoms with Crippen molar-refractivity contribution in [2.24, 2.45) is 5.73 Å². The second kappa shape index (κ2) is 7.99. The van der Waals surface area contributed by atoms with E-state index in [1.54, 1.807) is 0 Å². The number of amides is 2. The van der Waals surface area contributed by atoms with Crippen LogP contribution in [0, 0.1) is 0 Å². The van der Waals surface area contributed by atoms with Gasteiger partial charge in [0.15, 0.2) is 0 Å². The predicted octanol–water partition coefficient (Wildman–Crippen LogP) is 2.12. The van der Waals surface area contributed by atoms with E-state index in [0.717, 1.165) is 49.8 Å². The molecular formula is C18H26ClN3O2. The lowest BCUT2D eigenvalue weighted by Gasteiger charge is -2.22. The van der Waals surface area contributed by atoms with Crippen molar-refractivity contribution in [1.82, 2.24) is 10.2 Å². The molecule has 1 aliphatic heterocycles. The zero-order valence-corrected chi connectivity index (χ0v) is 14.7. The first-order chi connectivity index (χ1) is 11.1. The third-order valence-corrected chi connectivity index (χ3v) is 4.97. The molecule has 2 amide bonds. The summed E-state index contributed by atoms with van der Waals surface area (Å²) in [7, 11) is 0. The highest BCUT2D eigenvalue weighted by Gasteiger charge is 2.36. The predicted molar refractivity (Wildman–Crippen MR) is 95.6 cm³/mol. The third-order valence-electron chi connectivity index (χ3n) is 4.97. The lowest BCUT2D eigenvalue weighted by molar-refractivity contribution is -0.128. The van der Waals surface area contributed by atoms with E-state index < -0.39 is 5.54 Å². The van der Waals surface area contributed by atoms with Crippen LogP contribution in [0.25, 0.3) is 0 Å². The summed E-state index contributed by atoms with van der Waals surface area (Å²) in [6.07, 6.45) is 5.26. The molecule has 1 aromatic carbocycles. The summed E-state index contributed by atoms with van der Waals surface area (Å²) in [4.78, 5) is 25.7. The molecule has 1 saturated carbocycles. The van der Waals surface area contributed by atoms with E-state index in [1.807, 2.05) is 29.2 Å². The van der Waals surface area contributed by atoms with Crippen LogP contribution in [0.5, 0.6) is 0 Å². The number of halogens is 1. The van der Waals surface area contributed by atoms with Gasteiger partial charge in [-0.3, -0.25) is 9.59 Å². The Morgan fingerprint density at radius 2 is 1.75 bits per heavy atom. The van der Waals surface area contributed by atoms with Gasteiger partial charge in [-0.2, -0.15) is 0 Å². The van der Waals surface area contributed by atoms with E-state index in [1.165, 1.54) is 0 Å². The van der Waals surface area contributed by atoms with Crippen molar-refractivity contribution in [3.8, 4) is 0 Å². The van der Waals surface area contributed by atoms with Crippen LogP contribution in [-0.2, 0) is 22.7 Å². The van der Waals surface area contributed by atoms with Gasteiger partial charge in [-0.05, 0) is 30.4 Å². The largest absolute Gasteiger partial charge is 0.350 e. The fraction of sp³-hybridized carbons (Fsp3) is 0.556. The molecule has 5 nitrogen and oxygen atoms in total. The summed E-state index contributed by atoms with van der Waals surface area (Å²) in [6.45, 7) is 2.04. The monoisotopic (exact) mass is 351 g/mol. The zero-order chi connectivity index (χ0) is 16.3. The van der Waals surface area contributed by atoms with Crippen LogP contribution in [0.3, 0.4) is 0 Å². The summed E-state index contributed by atoms with van der Waals surface area (Å²) in [6, 6.07) is 8.07. The van der Waals surface area contributed by atoms with Crippen molar-refractivity contribution in [2.45, 2.75) is 57.2 Å². The molecule has 132 valence electrons. The van der Waals surface area contributed by atoms with Crippen LogP contribution >= 0.6 is 12.4 Å². The Labute approximate surface area is 149 Å². The standard InChI is InChI=1S/C18H25N3O2.ClH/c19-18(9-1-2-10-18)17(23)20-12-14-5-7-15(8-6-14)13-21-11-3-4-16(21)22;/h5-8H,1-4,9-13,19H2,(H,20,23);1H. The smallest absolute Gasteiger partial charge is 0.240 e. The Morgan fingerprint density at radius 1 is 1.12 bits per heavy atom. The number of nitrogens with two attached hydrogens (primary N) is 1. The van der Waals surface area contributed by atoms with Crippen molar-refractivity contribution < 1.29 is 9.59 Å². The van der Waals surface area contributed by atoms with Crippen molar-refractivity contribution >= 4 is 24.2 Å². The molecule has 0 atom stereocenters. The number of nitrogens with one attached hydrogen (secondary N) is 1. The minimum absolute atomic E-state index is 0. The maximum Gasteiger partial charge on any atom is 0.240 e. The maximum atomic E-state index is 12.2. The first-order valence-corrected chi connectivity index (χ1v) is 8.50. The third kappa shape index (κ3) is 4.28. The molecule has 0 radical (unpaired) electrons. The fourth-order valence-electron chi connectivity index (χ4n) is 3.45. The number of carbonyl (C=O) groups excluding carboxylic acids is 2. The van der Waals surface area contributed by atoms with E-state index in [2.05, 4.69) is 5.32 Å². The fourth-order valence-corrected chi connectivity index (χ4v) is 3.45. The topological polar surface area (TPSA) is 75.4 Å². The number of rotatable bonds is 5. The highest BCUT2D eigenvalue weighted by molar-refractivity contribution is 5.86. The quantitative estimate of drug-likeness (QED) is 0.853. The molecule has 1 aliphatic carbocycles. The summed E-state index contributed by atoms with van der Waals surface area (Å²) >= 11 is 0. The summed E-state index contributed by atoms with van der Waals surface area (Å²) in [5.74, 6) is 0.202. The molecule has 3 N–H and O–H groups in total. The van der Waals surface area contributed by atoms with E-state index >= 15 is 0 Å². The molecule has 0 aromatic heterocycles. The Balaban J connectivity index is 0.00000208. The van der Waals surface area contributed by atoms with Gasteiger partial charge in [0.2, 0.25) is 11.8 Å². The molecule has 1 aromatic rings. The van der Waals surface area contributed by atoms with Crippen molar-refractivity contribution in [3.05, 3.63) is 35.4 Å². The Bertz CT molecular complexity index is 582. The van der Waals surface area contributed by atoms with Crippen molar-refractivity contribution in [3.63, 3.8) is 0 Å². The van der Waals surface area contributed by atoms with Gasteiger partial charge >= 0.3 is 0 Å². The van der Waals surface area contributed by atoms with Crippen LogP contribution in [-0.4, -0.2) is 28.8 Å². The Hall–Kier alpha value is -1.59. The van der Waals surface area contributed by atoms with Gasteiger partial charge in [-0.15, -0.1) is 12.4 Å². The van der Waals surface area contributed by atoms with E-state index in [-0.39, 0.29) is 24.2 Å². The van der Waals surface area contributed by atoms with Crippen LogP contribution in [0.4, 0.5) is 0 Å². The van der Waals surface area contributed by atoms with Crippen molar-refractivity contribution in [1.29, 1.82) is 0 Å². The molecule has 2 aliphatic rings. The number of nitrogens with zero attached hydrogens (tertiary/aromatic N) is 1. The van der Waals surface area contributed by atoms with Gasteiger partial charge in [0.05, 0.1) is 5.54 Å². The average molecular weight is 352 g/mol. The number of hydrogen-bond acceptors (Lipinski definition) is 3. The molecule has 6 heteroatoms. The molecule has 3 rings (SSSR count). The minimum Gasteiger partial charge on any atom is -0.350 e. The highest BCUT2D eigenvalue weighted by atomic mass is 35.5. The molecule has 0 spiro atoms. The van der Waals surface area contributed by atoms with Crippen LogP contribution < -0.4 is 11.1 Å². The van der Waals surface area contributed by atoms with Gasteiger partial charge in [-0.25, -0.2) is 0 Å². The molecule has 1 heterocycles. The Morgan fingerprint density at radius 3 is 2.33 bits per heavy atom. The molecular weight excluding hydrogens is 326 g/mol. The van der Waals surface area contributed by atoms with E-state index in [4.69, 9.17) is 5.73 Å². The summed E-state index contributed by atoms with van der Waals surface area (Å²) in [5.41, 5.74) is 7.65. The Kier molecular flexibility index (Phi) is 6.24. The normalized spacial score (nSPS) is 19.2. The number of hydrogen-bond donors (Lipinski definition) is 2. The molecule has 0 bridgehead atoms. The lowest BCUT2D eigenvalue weighted by atomic mass is 9.98. The number of likely N-dealkylation sites (tertiary alicyclic amines) is 1. The first kappa shape index (κ1) is 18.7. The number of benzene rings is 1. The molecule has 1 saturated heterocycles. The second-order valence-electron chi connectivity index (χ2n) is 6.78.